The predicted octanol–water partition coefficient (Wildman–Crippen LogP) is 3.50. The van der Waals surface area contributed by atoms with Gasteiger partial charge in [-0.15, -0.1) is 0 Å². The van der Waals surface area contributed by atoms with E-state index in [1.165, 1.54) is 0 Å². The molecule has 0 radical (unpaired) electrons. The molecule has 5 nitrogen and oxygen atoms in total. The first kappa shape index (κ1) is 14.8. The minimum atomic E-state index is -0.244. The molecule has 1 amide bonds. The SMILES string of the molecule is COc1ccc(NC(=O)c2cnc3ccccc3c2)c(OC)c1. The van der Waals surface area contributed by atoms with Crippen molar-refractivity contribution in [1.29, 1.82) is 0 Å². The average Bonchev–Trinajstić information content (AvgIpc) is 2.61. The van der Waals surface area contributed by atoms with E-state index in [4.69, 9.17) is 9.47 Å². The van der Waals surface area contributed by atoms with Gasteiger partial charge >= 0.3 is 0 Å². The Kier molecular flexibility index (Phi) is 4.10. The standard InChI is InChI=1S/C18H16N2O3/c1-22-14-7-8-16(17(10-14)23-2)20-18(21)13-9-12-5-3-4-6-15(12)19-11-13/h3-11H,1-2H3,(H,20,21). The van der Waals surface area contributed by atoms with E-state index >= 15 is 0 Å². The number of carbonyl (C=O) groups excluding carboxylic acids is 1. The monoisotopic (exact) mass is 308 g/mol. The minimum Gasteiger partial charge on any atom is -0.497 e. The molecule has 0 saturated heterocycles. The number of rotatable bonds is 4. The Morgan fingerprint density at radius 3 is 2.65 bits per heavy atom. The number of pyridine rings is 1. The maximum atomic E-state index is 12.4. The third kappa shape index (κ3) is 3.08. The molecule has 3 rings (SSSR count). The minimum absolute atomic E-state index is 0.244. The summed E-state index contributed by atoms with van der Waals surface area (Å²) in [6.07, 6.45) is 1.56. The largest absolute Gasteiger partial charge is 0.497 e. The van der Waals surface area contributed by atoms with Crippen LogP contribution in [-0.2, 0) is 0 Å². The first-order chi connectivity index (χ1) is 11.2. The van der Waals surface area contributed by atoms with Crippen LogP contribution in [-0.4, -0.2) is 25.1 Å². The summed E-state index contributed by atoms with van der Waals surface area (Å²) < 4.78 is 10.4. The summed E-state index contributed by atoms with van der Waals surface area (Å²) >= 11 is 0. The zero-order valence-corrected chi connectivity index (χ0v) is 12.9. The van der Waals surface area contributed by atoms with Crippen molar-refractivity contribution in [2.24, 2.45) is 0 Å². The molecule has 23 heavy (non-hydrogen) atoms. The van der Waals surface area contributed by atoms with E-state index in [1.807, 2.05) is 30.3 Å². The van der Waals surface area contributed by atoms with Gasteiger partial charge in [-0.05, 0) is 24.3 Å². The number of aromatic nitrogens is 1. The maximum absolute atomic E-state index is 12.4. The van der Waals surface area contributed by atoms with Crippen LogP contribution in [0.1, 0.15) is 10.4 Å². The quantitative estimate of drug-likeness (QED) is 0.801. The van der Waals surface area contributed by atoms with Crippen LogP contribution < -0.4 is 14.8 Å². The molecule has 0 bridgehead atoms. The summed E-state index contributed by atoms with van der Waals surface area (Å²) in [6.45, 7) is 0. The summed E-state index contributed by atoms with van der Waals surface area (Å²) in [5.41, 5.74) is 1.92. The van der Waals surface area contributed by atoms with E-state index in [1.54, 1.807) is 38.6 Å². The first-order valence-electron chi connectivity index (χ1n) is 7.09. The van der Waals surface area contributed by atoms with Gasteiger partial charge in [-0.2, -0.15) is 0 Å². The molecular formula is C18H16N2O3. The molecule has 1 N–H and O–H groups in total. The van der Waals surface area contributed by atoms with Gasteiger partial charge in [-0.3, -0.25) is 9.78 Å². The van der Waals surface area contributed by atoms with Gasteiger partial charge < -0.3 is 14.8 Å². The lowest BCUT2D eigenvalue weighted by molar-refractivity contribution is 0.102. The van der Waals surface area contributed by atoms with Crippen molar-refractivity contribution in [3.8, 4) is 11.5 Å². The van der Waals surface area contributed by atoms with Gasteiger partial charge in [0.2, 0.25) is 0 Å². The normalized spacial score (nSPS) is 10.3. The summed E-state index contributed by atoms with van der Waals surface area (Å²) in [5, 5.41) is 3.75. The second kappa shape index (κ2) is 6.36. The van der Waals surface area contributed by atoms with Crippen molar-refractivity contribution in [2.75, 3.05) is 19.5 Å². The highest BCUT2D eigenvalue weighted by molar-refractivity contribution is 6.06. The van der Waals surface area contributed by atoms with Crippen LogP contribution in [0.2, 0.25) is 0 Å². The van der Waals surface area contributed by atoms with E-state index in [2.05, 4.69) is 10.3 Å². The number of amides is 1. The number of para-hydroxylation sites is 1. The molecule has 3 aromatic rings. The van der Waals surface area contributed by atoms with Crippen molar-refractivity contribution in [1.82, 2.24) is 4.98 Å². The lowest BCUT2D eigenvalue weighted by atomic mass is 10.1. The molecule has 0 fully saturated rings. The number of methoxy groups -OCH3 is 2. The third-order valence-electron chi connectivity index (χ3n) is 3.51. The summed E-state index contributed by atoms with van der Waals surface area (Å²) in [6, 6.07) is 14.7. The zero-order chi connectivity index (χ0) is 16.2. The predicted molar refractivity (Wildman–Crippen MR) is 89.2 cm³/mol. The van der Waals surface area contributed by atoms with Gasteiger partial charge in [-0.25, -0.2) is 0 Å². The molecular weight excluding hydrogens is 292 g/mol. The van der Waals surface area contributed by atoms with Gasteiger partial charge in [0.15, 0.2) is 0 Å². The second-order valence-electron chi connectivity index (χ2n) is 4.94. The molecule has 0 unspecified atom stereocenters. The Morgan fingerprint density at radius 2 is 1.87 bits per heavy atom. The number of nitrogens with one attached hydrogen (secondary N) is 1. The molecule has 1 heterocycles. The molecule has 116 valence electrons. The highest BCUT2D eigenvalue weighted by atomic mass is 16.5. The number of nitrogens with zero attached hydrogens (tertiary/aromatic N) is 1. The lowest BCUT2D eigenvalue weighted by Crippen LogP contribution is -2.13. The highest BCUT2D eigenvalue weighted by Gasteiger charge is 2.11. The van der Waals surface area contributed by atoms with E-state index in [9.17, 15) is 4.79 Å². The fourth-order valence-electron chi connectivity index (χ4n) is 2.29. The summed E-state index contributed by atoms with van der Waals surface area (Å²) in [7, 11) is 3.12. The Bertz CT molecular complexity index is 862. The highest BCUT2D eigenvalue weighted by Crippen LogP contribution is 2.29. The number of fused-ring (bicyclic) bond motifs is 1. The molecule has 0 aliphatic carbocycles. The van der Waals surface area contributed by atoms with Gasteiger partial charge in [0.05, 0.1) is 31.0 Å². The summed E-state index contributed by atoms with van der Waals surface area (Å²) in [4.78, 5) is 16.7. The van der Waals surface area contributed by atoms with Gasteiger partial charge in [0.25, 0.3) is 5.91 Å². The van der Waals surface area contributed by atoms with E-state index in [-0.39, 0.29) is 5.91 Å². The smallest absolute Gasteiger partial charge is 0.257 e. The van der Waals surface area contributed by atoms with E-state index in [0.717, 1.165) is 10.9 Å². The van der Waals surface area contributed by atoms with Crippen molar-refractivity contribution in [3.63, 3.8) is 0 Å². The lowest BCUT2D eigenvalue weighted by Gasteiger charge is -2.11. The molecule has 0 saturated carbocycles. The zero-order valence-electron chi connectivity index (χ0n) is 12.9. The van der Waals surface area contributed by atoms with Crippen LogP contribution in [0, 0.1) is 0 Å². The van der Waals surface area contributed by atoms with Crippen molar-refractivity contribution in [3.05, 3.63) is 60.3 Å². The maximum Gasteiger partial charge on any atom is 0.257 e. The average molecular weight is 308 g/mol. The first-order valence-corrected chi connectivity index (χ1v) is 7.09. The fraction of sp³-hybridized carbons (Fsp3) is 0.111. The van der Waals surface area contributed by atoms with Crippen molar-refractivity contribution >= 4 is 22.5 Å². The van der Waals surface area contributed by atoms with Crippen molar-refractivity contribution in [2.45, 2.75) is 0 Å². The fourth-order valence-corrected chi connectivity index (χ4v) is 2.29. The van der Waals surface area contributed by atoms with E-state index < -0.39 is 0 Å². The number of carbonyl (C=O) groups is 1. The Hall–Kier alpha value is -3.08. The van der Waals surface area contributed by atoms with Crippen LogP contribution in [0.25, 0.3) is 10.9 Å². The Morgan fingerprint density at radius 1 is 1.04 bits per heavy atom. The Labute approximate surface area is 133 Å². The number of benzene rings is 2. The van der Waals surface area contributed by atoms with Crippen LogP contribution in [0.4, 0.5) is 5.69 Å². The van der Waals surface area contributed by atoms with Gasteiger partial charge in [0.1, 0.15) is 11.5 Å². The van der Waals surface area contributed by atoms with Crippen LogP contribution in [0.15, 0.2) is 54.7 Å². The third-order valence-corrected chi connectivity index (χ3v) is 3.51. The number of hydrogen-bond donors (Lipinski definition) is 1. The molecule has 1 aromatic heterocycles. The van der Waals surface area contributed by atoms with Gasteiger partial charge in [0, 0.05) is 17.6 Å². The molecule has 0 aliphatic rings. The van der Waals surface area contributed by atoms with Gasteiger partial charge in [-0.1, -0.05) is 18.2 Å². The molecule has 0 aliphatic heterocycles. The molecule has 5 heteroatoms. The number of hydrogen-bond acceptors (Lipinski definition) is 4. The number of ether oxygens (including phenoxy) is 2. The van der Waals surface area contributed by atoms with E-state index in [0.29, 0.717) is 22.7 Å². The molecule has 2 aromatic carbocycles. The molecule has 0 atom stereocenters. The second-order valence-corrected chi connectivity index (χ2v) is 4.94. The Balaban J connectivity index is 1.88. The number of anilines is 1. The van der Waals surface area contributed by atoms with Crippen LogP contribution >= 0.6 is 0 Å². The van der Waals surface area contributed by atoms with Crippen LogP contribution in [0.3, 0.4) is 0 Å². The molecule has 0 spiro atoms. The topological polar surface area (TPSA) is 60.5 Å². The summed E-state index contributed by atoms with van der Waals surface area (Å²) in [5.74, 6) is 0.949. The van der Waals surface area contributed by atoms with Crippen LogP contribution in [0.5, 0.6) is 11.5 Å². The van der Waals surface area contributed by atoms with Crippen molar-refractivity contribution < 1.29 is 14.3 Å².